The Morgan fingerprint density at radius 3 is 2.58 bits per heavy atom. The van der Waals surface area contributed by atoms with E-state index in [1.54, 1.807) is 41.8 Å². The van der Waals surface area contributed by atoms with Gasteiger partial charge in [-0.1, -0.05) is 59.2 Å². The van der Waals surface area contributed by atoms with Crippen LogP contribution in [0.3, 0.4) is 0 Å². The Labute approximate surface area is 257 Å². The molecule has 2 heterocycles. The number of hydrogen-bond acceptors (Lipinski definition) is 7. The van der Waals surface area contributed by atoms with Crippen LogP contribution in [-0.4, -0.2) is 30.8 Å². The van der Waals surface area contributed by atoms with Crippen molar-refractivity contribution in [3.8, 4) is 29.6 Å². The number of terminal acetylenes is 1. The number of ether oxygens (including phenoxy) is 3. The lowest BCUT2D eigenvalue weighted by molar-refractivity contribution is -0.113. The van der Waals surface area contributed by atoms with Gasteiger partial charge in [-0.05, 0) is 67.4 Å². The summed E-state index contributed by atoms with van der Waals surface area (Å²) in [7, 11) is 1.49. The molecule has 8 nitrogen and oxygen atoms in total. The second-order valence-electron chi connectivity index (χ2n) is 9.43. The fourth-order valence-corrected chi connectivity index (χ4v) is 6.11. The van der Waals surface area contributed by atoms with Crippen molar-refractivity contribution in [2.75, 3.05) is 25.6 Å². The molecule has 0 saturated carbocycles. The molecule has 0 unspecified atom stereocenters. The topological polar surface area (TPSA) is 91.2 Å². The Hall–Kier alpha value is -4.78. The van der Waals surface area contributed by atoms with Crippen LogP contribution in [0.25, 0.3) is 6.08 Å². The molecule has 0 radical (unpaired) electrons. The SMILES string of the molecule is C#CCOc1c(Cl)cc(/C=c2\sc3n(c2=O)[C@@H](c2ccc(OCC)cc2)C(C(=O)Nc2ccccc2)=C(C)N=3)cc1OC. The van der Waals surface area contributed by atoms with Crippen molar-refractivity contribution < 1.29 is 19.0 Å². The molecule has 0 spiro atoms. The quantitative estimate of drug-likeness (QED) is 0.270. The number of para-hydroxylation sites is 1. The van der Waals surface area contributed by atoms with Crippen LogP contribution in [0, 0.1) is 12.3 Å². The summed E-state index contributed by atoms with van der Waals surface area (Å²) < 4.78 is 18.6. The number of aromatic nitrogens is 1. The van der Waals surface area contributed by atoms with Gasteiger partial charge in [0.15, 0.2) is 16.3 Å². The first-order valence-electron chi connectivity index (χ1n) is 13.4. The standard InChI is InChI=1S/C33H28ClN3O5S/c1-5-16-42-30-25(34)17-21(18-26(30)40-4)19-27-32(39)37-29(22-12-14-24(15-13-22)41-6-2)28(20(3)35-33(37)43-27)31(38)36-23-10-8-7-9-11-23/h1,7-15,17-19,29H,6,16H2,2-4H3,(H,36,38)/b27-19-/t29-/m0/s1. The van der Waals surface area contributed by atoms with Crippen LogP contribution in [-0.2, 0) is 4.79 Å². The predicted octanol–water partition coefficient (Wildman–Crippen LogP) is 4.95. The average Bonchev–Trinajstić information content (AvgIpc) is 3.30. The molecule has 5 rings (SSSR count). The van der Waals surface area contributed by atoms with Gasteiger partial charge < -0.3 is 19.5 Å². The van der Waals surface area contributed by atoms with Gasteiger partial charge in [-0.25, -0.2) is 4.99 Å². The van der Waals surface area contributed by atoms with Crippen LogP contribution >= 0.6 is 22.9 Å². The van der Waals surface area contributed by atoms with Crippen LogP contribution in [0.4, 0.5) is 5.69 Å². The van der Waals surface area contributed by atoms with E-state index >= 15 is 0 Å². The van der Waals surface area contributed by atoms with Gasteiger partial charge in [-0.2, -0.15) is 0 Å². The van der Waals surface area contributed by atoms with Gasteiger partial charge in [0.05, 0.1) is 40.6 Å². The molecule has 4 aromatic rings. The highest BCUT2D eigenvalue weighted by molar-refractivity contribution is 7.07. The van der Waals surface area contributed by atoms with E-state index in [2.05, 4.69) is 11.2 Å². The summed E-state index contributed by atoms with van der Waals surface area (Å²) in [6, 6.07) is 19.2. The monoisotopic (exact) mass is 613 g/mol. The summed E-state index contributed by atoms with van der Waals surface area (Å²) in [5.41, 5.74) is 2.57. The maximum atomic E-state index is 14.0. The van der Waals surface area contributed by atoms with Gasteiger partial charge in [0.25, 0.3) is 11.5 Å². The molecule has 1 aromatic heterocycles. The van der Waals surface area contributed by atoms with Gasteiger partial charge in [-0.3, -0.25) is 14.2 Å². The van der Waals surface area contributed by atoms with E-state index in [0.717, 1.165) is 5.56 Å². The maximum absolute atomic E-state index is 14.0. The lowest BCUT2D eigenvalue weighted by atomic mass is 9.95. The van der Waals surface area contributed by atoms with E-state index in [0.29, 0.717) is 55.7 Å². The van der Waals surface area contributed by atoms with Crippen LogP contribution in [0.1, 0.15) is 31.0 Å². The Kier molecular flexibility index (Phi) is 9.00. The van der Waals surface area contributed by atoms with Crippen LogP contribution in [0.15, 0.2) is 87.8 Å². The summed E-state index contributed by atoms with van der Waals surface area (Å²) in [6.07, 6.45) is 7.03. The highest BCUT2D eigenvalue weighted by Crippen LogP contribution is 2.37. The molecule has 0 bridgehead atoms. The van der Waals surface area contributed by atoms with Crippen LogP contribution in [0.2, 0.25) is 5.02 Å². The van der Waals surface area contributed by atoms with Crippen LogP contribution < -0.4 is 34.4 Å². The largest absolute Gasteiger partial charge is 0.494 e. The number of allylic oxidation sites excluding steroid dienone is 1. The zero-order valence-electron chi connectivity index (χ0n) is 23.7. The summed E-state index contributed by atoms with van der Waals surface area (Å²) in [5.74, 6) is 3.45. The number of methoxy groups -OCH3 is 1. The van der Waals surface area contributed by atoms with Gasteiger partial charge in [0, 0.05) is 5.69 Å². The summed E-state index contributed by atoms with van der Waals surface area (Å²) >= 11 is 7.70. The van der Waals surface area contributed by atoms with Crippen molar-refractivity contribution in [1.29, 1.82) is 0 Å². The van der Waals surface area contributed by atoms with E-state index in [1.165, 1.54) is 18.4 Å². The number of nitrogens with zero attached hydrogens (tertiary/aromatic N) is 2. The number of carbonyl (C=O) groups excluding carboxylic acids is 1. The molecule has 43 heavy (non-hydrogen) atoms. The zero-order valence-corrected chi connectivity index (χ0v) is 25.3. The van der Waals surface area contributed by atoms with Crippen molar-refractivity contribution in [2.24, 2.45) is 4.99 Å². The fourth-order valence-electron chi connectivity index (χ4n) is 4.79. The van der Waals surface area contributed by atoms with Crippen molar-refractivity contribution in [1.82, 2.24) is 4.57 Å². The van der Waals surface area contributed by atoms with E-state index in [4.69, 9.17) is 37.2 Å². The Morgan fingerprint density at radius 2 is 1.91 bits per heavy atom. The first-order valence-corrected chi connectivity index (χ1v) is 14.6. The van der Waals surface area contributed by atoms with Gasteiger partial charge in [-0.15, -0.1) is 6.42 Å². The normalized spacial score (nSPS) is 14.4. The molecule has 218 valence electrons. The third kappa shape index (κ3) is 6.21. The van der Waals surface area contributed by atoms with E-state index in [9.17, 15) is 9.59 Å². The smallest absolute Gasteiger partial charge is 0.271 e. The second-order valence-corrected chi connectivity index (χ2v) is 10.8. The van der Waals surface area contributed by atoms with E-state index in [-0.39, 0.29) is 23.1 Å². The van der Waals surface area contributed by atoms with Crippen molar-refractivity contribution in [3.05, 3.63) is 114 Å². The number of hydrogen-bond donors (Lipinski definition) is 1. The van der Waals surface area contributed by atoms with Gasteiger partial charge in [0.1, 0.15) is 12.4 Å². The lowest BCUT2D eigenvalue weighted by Gasteiger charge is -2.25. The Balaban J connectivity index is 1.64. The average molecular weight is 614 g/mol. The van der Waals surface area contributed by atoms with Gasteiger partial charge in [0.2, 0.25) is 0 Å². The van der Waals surface area contributed by atoms with Gasteiger partial charge >= 0.3 is 0 Å². The molecule has 3 aromatic carbocycles. The molecule has 0 fully saturated rings. The molecule has 10 heteroatoms. The lowest BCUT2D eigenvalue weighted by Crippen LogP contribution is -2.40. The zero-order chi connectivity index (χ0) is 30.5. The van der Waals surface area contributed by atoms with Crippen LogP contribution in [0.5, 0.6) is 17.2 Å². The molecule has 1 N–H and O–H groups in total. The minimum absolute atomic E-state index is 0.0269. The number of fused-ring (bicyclic) bond motifs is 1. The molecular weight excluding hydrogens is 586 g/mol. The first kappa shape index (κ1) is 29.7. The molecule has 1 aliphatic rings. The number of halogens is 1. The number of thiazole rings is 1. The summed E-state index contributed by atoms with van der Waals surface area (Å²) in [6.45, 7) is 4.23. The fraction of sp³-hybridized carbons (Fsp3) is 0.182. The number of nitrogens with one attached hydrogen (secondary N) is 1. The molecule has 1 atom stereocenters. The highest BCUT2D eigenvalue weighted by atomic mass is 35.5. The molecule has 1 amide bonds. The highest BCUT2D eigenvalue weighted by Gasteiger charge is 2.32. The number of benzene rings is 3. The number of rotatable bonds is 9. The van der Waals surface area contributed by atoms with Crippen molar-refractivity contribution in [2.45, 2.75) is 19.9 Å². The first-order chi connectivity index (χ1) is 20.8. The molecule has 0 saturated heterocycles. The maximum Gasteiger partial charge on any atom is 0.271 e. The Morgan fingerprint density at radius 1 is 1.16 bits per heavy atom. The summed E-state index contributed by atoms with van der Waals surface area (Å²) in [5, 5.41) is 3.24. The third-order valence-electron chi connectivity index (χ3n) is 6.65. The minimum atomic E-state index is -0.726. The predicted molar refractivity (Wildman–Crippen MR) is 169 cm³/mol. The number of amides is 1. The molecular formula is C33H28ClN3O5S. The number of anilines is 1. The minimum Gasteiger partial charge on any atom is -0.494 e. The van der Waals surface area contributed by atoms with Crippen molar-refractivity contribution >= 4 is 40.6 Å². The van der Waals surface area contributed by atoms with E-state index in [1.807, 2.05) is 49.4 Å². The van der Waals surface area contributed by atoms with Crippen molar-refractivity contribution in [3.63, 3.8) is 0 Å². The number of carbonyl (C=O) groups is 1. The second kappa shape index (κ2) is 13.0. The van der Waals surface area contributed by atoms with E-state index < -0.39 is 6.04 Å². The summed E-state index contributed by atoms with van der Waals surface area (Å²) in [4.78, 5) is 33.0. The molecule has 1 aliphatic heterocycles. The molecule has 0 aliphatic carbocycles. The third-order valence-corrected chi connectivity index (χ3v) is 7.92. The Bertz CT molecular complexity index is 1920.